The predicted molar refractivity (Wildman–Crippen MR) is 114 cm³/mol. The number of ether oxygens (including phenoxy) is 1. The molecule has 1 atom stereocenters. The van der Waals surface area contributed by atoms with Gasteiger partial charge in [0.15, 0.2) is 0 Å². The van der Waals surface area contributed by atoms with Crippen LogP contribution in [0.4, 0.5) is 5.13 Å². The van der Waals surface area contributed by atoms with Crippen LogP contribution in [0.15, 0.2) is 54.1 Å². The molecule has 9 heteroatoms. The lowest BCUT2D eigenvalue weighted by Crippen LogP contribution is -2.29. The summed E-state index contributed by atoms with van der Waals surface area (Å²) in [6.07, 6.45) is 0. The summed E-state index contributed by atoms with van der Waals surface area (Å²) in [6.45, 7) is 1.76. The summed E-state index contributed by atoms with van der Waals surface area (Å²) < 4.78 is 5.32. The maximum Gasteiger partial charge on any atom is 0.301 e. The van der Waals surface area contributed by atoms with Crippen molar-refractivity contribution in [2.24, 2.45) is 0 Å². The van der Waals surface area contributed by atoms with Gasteiger partial charge in [0.25, 0.3) is 5.78 Å². The average molecular weight is 442 g/mol. The molecular weight excluding hydrogens is 426 g/mol. The van der Waals surface area contributed by atoms with E-state index < -0.39 is 17.7 Å². The smallest absolute Gasteiger partial charge is 0.301 e. The highest BCUT2D eigenvalue weighted by Gasteiger charge is 2.48. The van der Waals surface area contributed by atoms with Crippen molar-refractivity contribution in [3.05, 3.63) is 75.3 Å². The molecule has 2 heterocycles. The van der Waals surface area contributed by atoms with E-state index in [-0.39, 0.29) is 22.0 Å². The van der Waals surface area contributed by atoms with Crippen molar-refractivity contribution in [1.82, 2.24) is 10.2 Å². The van der Waals surface area contributed by atoms with Gasteiger partial charge in [-0.15, -0.1) is 10.2 Å². The number of rotatable bonds is 4. The Labute approximate surface area is 181 Å². The molecule has 1 aliphatic heterocycles. The van der Waals surface area contributed by atoms with E-state index in [1.54, 1.807) is 43.3 Å². The molecule has 1 unspecified atom stereocenters. The van der Waals surface area contributed by atoms with E-state index in [0.717, 1.165) is 0 Å². The minimum absolute atomic E-state index is 0.0698. The lowest BCUT2D eigenvalue weighted by atomic mass is 9.95. The quantitative estimate of drug-likeness (QED) is 0.371. The van der Waals surface area contributed by atoms with Crippen molar-refractivity contribution in [3.63, 3.8) is 0 Å². The summed E-state index contributed by atoms with van der Waals surface area (Å²) >= 11 is 7.29. The van der Waals surface area contributed by atoms with E-state index in [4.69, 9.17) is 16.3 Å². The molecule has 0 saturated carbocycles. The van der Waals surface area contributed by atoms with E-state index >= 15 is 0 Å². The Morgan fingerprint density at radius 1 is 1.17 bits per heavy atom. The highest BCUT2D eigenvalue weighted by Crippen LogP contribution is 2.44. The number of aliphatic hydroxyl groups excluding tert-OH is 1. The minimum Gasteiger partial charge on any atom is -0.507 e. The number of aryl methyl sites for hydroxylation is 1. The molecule has 152 valence electrons. The molecule has 1 N–H and O–H groups in total. The van der Waals surface area contributed by atoms with Crippen LogP contribution >= 0.6 is 22.9 Å². The van der Waals surface area contributed by atoms with Gasteiger partial charge < -0.3 is 9.84 Å². The van der Waals surface area contributed by atoms with Crippen LogP contribution in [-0.4, -0.2) is 34.1 Å². The zero-order valence-electron chi connectivity index (χ0n) is 16.0. The Balaban J connectivity index is 1.98. The first-order valence-corrected chi connectivity index (χ1v) is 10.1. The zero-order valence-corrected chi connectivity index (χ0v) is 17.6. The average Bonchev–Trinajstić information content (AvgIpc) is 3.29. The van der Waals surface area contributed by atoms with E-state index in [1.165, 1.54) is 29.4 Å². The van der Waals surface area contributed by atoms with Gasteiger partial charge in [-0.25, -0.2) is 0 Å². The fourth-order valence-electron chi connectivity index (χ4n) is 3.37. The van der Waals surface area contributed by atoms with Gasteiger partial charge in [0.1, 0.15) is 16.5 Å². The molecule has 0 radical (unpaired) electrons. The van der Waals surface area contributed by atoms with Crippen molar-refractivity contribution in [2.45, 2.75) is 13.0 Å². The number of aromatic nitrogens is 2. The van der Waals surface area contributed by atoms with Crippen LogP contribution in [0.5, 0.6) is 5.75 Å². The Morgan fingerprint density at radius 2 is 1.90 bits per heavy atom. The van der Waals surface area contributed by atoms with E-state index in [9.17, 15) is 14.7 Å². The number of amides is 1. The Hall–Kier alpha value is -3.23. The number of carbonyl (C=O) groups excluding carboxylic acids is 2. The first-order valence-electron chi connectivity index (χ1n) is 8.92. The van der Waals surface area contributed by atoms with Crippen molar-refractivity contribution in [3.8, 4) is 5.75 Å². The van der Waals surface area contributed by atoms with Crippen LogP contribution < -0.4 is 9.64 Å². The second-order valence-electron chi connectivity index (χ2n) is 6.53. The molecule has 4 rings (SSSR count). The monoisotopic (exact) mass is 441 g/mol. The maximum absolute atomic E-state index is 13.1. The molecule has 3 aromatic rings. The summed E-state index contributed by atoms with van der Waals surface area (Å²) in [5, 5.41) is 20.4. The zero-order chi connectivity index (χ0) is 21.4. The predicted octanol–water partition coefficient (Wildman–Crippen LogP) is 4.13. The number of methoxy groups -OCH3 is 1. The first kappa shape index (κ1) is 20.1. The van der Waals surface area contributed by atoms with Gasteiger partial charge in [-0.1, -0.05) is 53.3 Å². The highest BCUT2D eigenvalue weighted by molar-refractivity contribution is 7.15. The standard InChI is InChI=1S/C21H16ClN3O4S/c1-11-23-24-21(30-11)25-17(12-6-4-3-5-7-12)16(19(27)20(25)28)18(26)14-10-13(22)8-9-15(14)29-2/h3-10,17,26H,1-2H3. The summed E-state index contributed by atoms with van der Waals surface area (Å²) in [6, 6.07) is 12.8. The van der Waals surface area contributed by atoms with Gasteiger partial charge in [0.2, 0.25) is 5.13 Å². The minimum atomic E-state index is -0.873. The number of anilines is 1. The van der Waals surface area contributed by atoms with Gasteiger partial charge in [0.05, 0.1) is 24.3 Å². The van der Waals surface area contributed by atoms with Gasteiger partial charge >= 0.3 is 5.91 Å². The lowest BCUT2D eigenvalue weighted by molar-refractivity contribution is -0.132. The van der Waals surface area contributed by atoms with Crippen molar-refractivity contribution in [1.29, 1.82) is 0 Å². The second-order valence-corrected chi connectivity index (χ2v) is 8.12. The molecule has 1 saturated heterocycles. The third kappa shape index (κ3) is 3.34. The molecule has 2 aromatic carbocycles. The molecule has 7 nitrogen and oxygen atoms in total. The number of carbonyl (C=O) groups is 2. The third-order valence-corrected chi connectivity index (χ3v) is 5.77. The molecule has 0 bridgehead atoms. The number of halogens is 1. The topological polar surface area (TPSA) is 92.6 Å². The molecule has 0 aliphatic carbocycles. The Bertz CT molecular complexity index is 1180. The number of ketones is 1. The van der Waals surface area contributed by atoms with Crippen LogP contribution in [0.1, 0.15) is 22.2 Å². The number of Topliss-reactive ketones (excluding diaryl/α,β-unsaturated/α-hetero) is 1. The van der Waals surface area contributed by atoms with Crippen LogP contribution in [0.2, 0.25) is 5.02 Å². The van der Waals surface area contributed by atoms with E-state index in [0.29, 0.717) is 21.3 Å². The summed E-state index contributed by atoms with van der Waals surface area (Å²) in [5.74, 6) is -1.66. The lowest BCUT2D eigenvalue weighted by Gasteiger charge is -2.22. The van der Waals surface area contributed by atoms with Crippen LogP contribution in [0.3, 0.4) is 0 Å². The maximum atomic E-state index is 13.1. The van der Waals surface area contributed by atoms with E-state index in [2.05, 4.69) is 10.2 Å². The van der Waals surface area contributed by atoms with Crippen molar-refractivity contribution in [2.75, 3.05) is 12.0 Å². The van der Waals surface area contributed by atoms with Gasteiger partial charge in [-0.2, -0.15) is 0 Å². The molecule has 30 heavy (non-hydrogen) atoms. The molecule has 1 amide bonds. The van der Waals surface area contributed by atoms with Crippen LogP contribution in [0.25, 0.3) is 5.76 Å². The largest absolute Gasteiger partial charge is 0.507 e. The Morgan fingerprint density at radius 3 is 2.53 bits per heavy atom. The van der Waals surface area contributed by atoms with Gasteiger partial charge in [-0.05, 0) is 30.7 Å². The number of aliphatic hydroxyl groups is 1. The normalized spacial score (nSPS) is 18.1. The fraction of sp³-hybridized carbons (Fsp3) is 0.143. The summed E-state index contributed by atoms with van der Waals surface area (Å²) in [7, 11) is 1.44. The molecular formula is C21H16ClN3O4S. The molecule has 1 aliphatic rings. The fourth-order valence-corrected chi connectivity index (χ4v) is 4.26. The Kier molecular flexibility index (Phi) is 5.27. The number of hydrogen-bond donors (Lipinski definition) is 1. The number of hydrogen-bond acceptors (Lipinski definition) is 7. The molecule has 1 aromatic heterocycles. The van der Waals surface area contributed by atoms with Gasteiger partial charge in [0, 0.05) is 5.02 Å². The van der Waals surface area contributed by atoms with E-state index in [1.807, 2.05) is 6.07 Å². The van der Waals surface area contributed by atoms with Crippen molar-refractivity contribution < 1.29 is 19.4 Å². The van der Waals surface area contributed by atoms with Crippen molar-refractivity contribution >= 4 is 45.5 Å². The molecule has 1 fully saturated rings. The van der Waals surface area contributed by atoms with Crippen LogP contribution in [0, 0.1) is 6.92 Å². The summed E-state index contributed by atoms with van der Waals surface area (Å²) in [4.78, 5) is 27.3. The highest BCUT2D eigenvalue weighted by atomic mass is 35.5. The van der Waals surface area contributed by atoms with Crippen LogP contribution in [-0.2, 0) is 9.59 Å². The second kappa shape index (κ2) is 7.89. The third-order valence-electron chi connectivity index (χ3n) is 4.70. The number of benzene rings is 2. The summed E-state index contributed by atoms with van der Waals surface area (Å²) in [5.41, 5.74) is 0.795. The SMILES string of the molecule is COc1ccc(Cl)cc1C(O)=C1C(=O)C(=O)N(c2nnc(C)s2)C1c1ccccc1. The number of nitrogens with zero attached hydrogens (tertiary/aromatic N) is 3. The van der Waals surface area contributed by atoms with Gasteiger partial charge in [-0.3, -0.25) is 14.5 Å². The first-order chi connectivity index (χ1) is 14.4. The molecule has 0 spiro atoms.